The summed E-state index contributed by atoms with van der Waals surface area (Å²) in [6, 6.07) is 1.75. The fourth-order valence-corrected chi connectivity index (χ4v) is 5.02. The van der Waals surface area contributed by atoms with Gasteiger partial charge >= 0.3 is 0 Å². The number of thiophene rings is 1. The van der Waals surface area contributed by atoms with Crippen LogP contribution in [-0.4, -0.2) is 46.6 Å². The standard InChI is InChI=1S/C13H22N2O3S2/c1-14-7-12-6-13(19-10-12)20(16,17)15(2)8-11-4-3-5-18-9-11/h6,10-11,14H,3-5,7-9H2,1-2H3. The molecule has 5 nitrogen and oxygen atoms in total. The van der Waals surface area contributed by atoms with Crippen molar-refractivity contribution in [2.75, 3.05) is 33.9 Å². The zero-order valence-corrected chi connectivity index (χ0v) is 13.6. The van der Waals surface area contributed by atoms with E-state index in [2.05, 4.69) is 5.32 Å². The summed E-state index contributed by atoms with van der Waals surface area (Å²) < 4.78 is 32.3. The van der Waals surface area contributed by atoms with Crippen molar-refractivity contribution in [2.45, 2.75) is 23.6 Å². The lowest BCUT2D eigenvalue weighted by molar-refractivity contribution is 0.0495. The lowest BCUT2D eigenvalue weighted by atomic mass is 10.0. The molecule has 1 aliphatic rings. The summed E-state index contributed by atoms with van der Waals surface area (Å²) in [5.74, 6) is 0.306. The lowest BCUT2D eigenvalue weighted by Gasteiger charge is -2.26. The van der Waals surface area contributed by atoms with E-state index in [1.807, 2.05) is 12.4 Å². The molecule has 1 fully saturated rings. The van der Waals surface area contributed by atoms with E-state index in [-0.39, 0.29) is 0 Å². The van der Waals surface area contributed by atoms with E-state index in [4.69, 9.17) is 4.74 Å². The third-order valence-corrected chi connectivity index (χ3v) is 6.73. The second-order valence-corrected chi connectivity index (χ2v) is 8.36. The maximum Gasteiger partial charge on any atom is 0.252 e. The molecule has 1 N–H and O–H groups in total. The first-order valence-electron chi connectivity index (χ1n) is 6.80. The molecule has 7 heteroatoms. The van der Waals surface area contributed by atoms with Crippen LogP contribution in [-0.2, 0) is 21.3 Å². The van der Waals surface area contributed by atoms with Crippen LogP contribution in [0.15, 0.2) is 15.7 Å². The van der Waals surface area contributed by atoms with Gasteiger partial charge in [-0.2, -0.15) is 4.31 Å². The SMILES string of the molecule is CNCc1csc(S(=O)(=O)N(C)CC2CCCOC2)c1. The van der Waals surface area contributed by atoms with Gasteiger partial charge in [0, 0.05) is 26.7 Å². The van der Waals surface area contributed by atoms with Gasteiger partial charge in [0.25, 0.3) is 10.0 Å². The van der Waals surface area contributed by atoms with Gasteiger partial charge in [0.15, 0.2) is 0 Å². The lowest BCUT2D eigenvalue weighted by Crippen LogP contribution is -2.34. The summed E-state index contributed by atoms with van der Waals surface area (Å²) in [4.78, 5) is 0. The van der Waals surface area contributed by atoms with Crippen LogP contribution in [0.4, 0.5) is 0 Å². The first-order valence-corrected chi connectivity index (χ1v) is 9.12. The van der Waals surface area contributed by atoms with Crippen molar-refractivity contribution in [3.05, 3.63) is 17.0 Å². The fraction of sp³-hybridized carbons (Fsp3) is 0.692. The van der Waals surface area contributed by atoms with Crippen LogP contribution in [0.2, 0.25) is 0 Å². The molecule has 1 saturated heterocycles. The van der Waals surface area contributed by atoms with E-state index in [0.717, 1.165) is 25.0 Å². The Labute approximate surface area is 125 Å². The molecule has 114 valence electrons. The highest BCUT2D eigenvalue weighted by molar-refractivity contribution is 7.91. The van der Waals surface area contributed by atoms with Crippen LogP contribution in [0.1, 0.15) is 18.4 Å². The summed E-state index contributed by atoms with van der Waals surface area (Å²) >= 11 is 1.29. The van der Waals surface area contributed by atoms with Crippen LogP contribution in [0.25, 0.3) is 0 Å². The summed E-state index contributed by atoms with van der Waals surface area (Å²) in [7, 11) is 0.135. The molecule has 1 atom stereocenters. The van der Waals surface area contributed by atoms with E-state index in [0.29, 0.717) is 29.8 Å². The molecule has 0 aromatic carbocycles. The number of hydrogen-bond donors (Lipinski definition) is 1. The van der Waals surface area contributed by atoms with Crippen molar-refractivity contribution in [1.82, 2.24) is 9.62 Å². The predicted octanol–water partition coefficient (Wildman–Crippen LogP) is 1.51. The van der Waals surface area contributed by atoms with Crippen LogP contribution in [0.5, 0.6) is 0 Å². The zero-order valence-electron chi connectivity index (χ0n) is 12.0. The molecule has 0 bridgehead atoms. The van der Waals surface area contributed by atoms with Crippen molar-refractivity contribution in [3.8, 4) is 0 Å². The molecule has 0 saturated carbocycles. The minimum absolute atomic E-state index is 0.306. The van der Waals surface area contributed by atoms with Crippen LogP contribution < -0.4 is 5.32 Å². The van der Waals surface area contributed by atoms with Gasteiger partial charge in [-0.25, -0.2) is 8.42 Å². The zero-order chi connectivity index (χ0) is 14.6. The summed E-state index contributed by atoms with van der Waals surface area (Å²) in [5.41, 5.74) is 1.01. The highest BCUT2D eigenvalue weighted by atomic mass is 32.2. The molecule has 1 aromatic heterocycles. The van der Waals surface area contributed by atoms with E-state index in [1.165, 1.54) is 15.6 Å². The Balaban J connectivity index is 2.03. The van der Waals surface area contributed by atoms with Crippen molar-refractivity contribution >= 4 is 21.4 Å². The van der Waals surface area contributed by atoms with E-state index < -0.39 is 10.0 Å². The summed E-state index contributed by atoms with van der Waals surface area (Å²) in [6.45, 7) is 2.67. The van der Waals surface area contributed by atoms with Crippen molar-refractivity contribution < 1.29 is 13.2 Å². The topological polar surface area (TPSA) is 58.6 Å². The maximum atomic E-state index is 12.5. The Hall–Kier alpha value is -0.470. The van der Waals surface area contributed by atoms with Gasteiger partial charge in [-0.15, -0.1) is 11.3 Å². The Morgan fingerprint density at radius 3 is 3.00 bits per heavy atom. The molecule has 2 heterocycles. The van der Waals surface area contributed by atoms with Gasteiger partial charge in [0.2, 0.25) is 0 Å². The molecule has 0 spiro atoms. The van der Waals surface area contributed by atoms with Crippen molar-refractivity contribution in [1.29, 1.82) is 0 Å². The van der Waals surface area contributed by atoms with Gasteiger partial charge in [-0.3, -0.25) is 0 Å². The van der Waals surface area contributed by atoms with Crippen molar-refractivity contribution in [3.63, 3.8) is 0 Å². The first-order chi connectivity index (χ1) is 9.54. The molecule has 1 aliphatic heterocycles. The van der Waals surface area contributed by atoms with Gasteiger partial charge in [0.05, 0.1) is 6.61 Å². The number of ether oxygens (including phenoxy) is 1. The first kappa shape index (κ1) is 15.9. The van der Waals surface area contributed by atoms with Gasteiger partial charge < -0.3 is 10.1 Å². The summed E-state index contributed by atoms with van der Waals surface area (Å²) in [6.07, 6.45) is 2.05. The molecule has 0 aliphatic carbocycles. The van der Waals surface area contributed by atoms with Crippen molar-refractivity contribution in [2.24, 2.45) is 5.92 Å². The van der Waals surface area contributed by atoms with Gasteiger partial charge in [0.1, 0.15) is 4.21 Å². The fourth-order valence-electron chi connectivity index (χ4n) is 2.35. The Kier molecular flexibility index (Phi) is 5.57. The minimum atomic E-state index is -3.37. The third kappa shape index (κ3) is 3.79. The highest BCUT2D eigenvalue weighted by Crippen LogP contribution is 2.25. The molecule has 2 rings (SSSR count). The minimum Gasteiger partial charge on any atom is -0.381 e. The Morgan fingerprint density at radius 1 is 1.55 bits per heavy atom. The predicted molar refractivity (Wildman–Crippen MR) is 80.4 cm³/mol. The molecule has 0 radical (unpaired) electrons. The second-order valence-electron chi connectivity index (χ2n) is 5.17. The second kappa shape index (κ2) is 7.00. The normalized spacial score (nSPS) is 20.4. The number of sulfonamides is 1. The molecule has 1 unspecified atom stereocenters. The average Bonchev–Trinajstić information content (AvgIpc) is 2.89. The highest BCUT2D eigenvalue weighted by Gasteiger charge is 2.26. The molecular weight excluding hydrogens is 296 g/mol. The number of nitrogens with zero attached hydrogens (tertiary/aromatic N) is 1. The molecule has 0 amide bonds. The number of hydrogen-bond acceptors (Lipinski definition) is 5. The van der Waals surface area contributed by atoms with E-state index >= 15 is 0 Å². The molecule has 1 aromatic rings. The smallest absolute Gasteiger partial charge is 0.252 e. The third-order valence-electron chi connectivity index (χ3n) is 3.45. The van der Waals surface area contributed by atoms with E-state index in [9.17, 15) is 8.42 Å². The summed E-state index contributed by atoms with van der Waals surface area (Å²) in [5, 5.41) is 4.92. The van der Waals surface area contributed by atoms with Crippen LogP contribution >= 0.6 is 11.3 Å². The quantitative estimate of drug-likeness (QED) is 0.864. The Morgan fingerprint density at radius 2 is 2.35 bits per heavy atom. The van der Waals surface area contributed by atoms with Crippen LogP contribution in [0.3, 0.4) is 0 Å². The molecular formula is C13H22N2O3S2. The molecule has 20 heavy (non-hydrogen) atoms. The van der Waals surface area contributed by atoms with Gasteiger partial charge in [-0.05, 0) is 42.8 Å². The number of nitrogens with one attached hydrogen (secondary N) is 1. The van der Waals surface area contributed by atoms with E-state index in [1.54, 1.807) is 13.1 Å². The maximum absolute atomic E-state index is 12.5. The monoisotopic (exact) mass is 318 g/mol. The van der Waals surface area contributed by atoms with Crippen LogP contribution in [0, 0.1) is 5.92 Å². The number of rotatable bonds is 6. The van der Waals surface area contributed by atoms with Gasteiger partial charge in [-0.1, -0.05) is 0 Å². The largest absolute Gasteiger partial charge is 0.381 e. The Bertz CT molecular complexity index is 521. The average molecular weight is 318 g/mol.